The highest BCUT2D eigenvalue weighted by Crippen LogP contribution is 2.45. The Morgan fingerprint density at radius 3 is 0.756 bits per heavy atom. The fourth-order valence-electron chi connectivity index (χ4n) is 8.75. The zero-order chi connectivity index (χ0) is 57.6. The van der Waals surface area contributed by atoms with Gasteiger partial charge in [0.15, 0.2) is 12.2 Å². The summed E-state index contributed by atoms with van der Waals surface area (Å²) in [5, 5.41) is 10.5. The first-order valence-corrected chi connectivity index (χ1v) is 34.3. The molecule has 462 valence electrons. The van der Waals surface area contributed by atoms with E-state index in [0.29, 0.717) is 25.7 Å². The van der Waals surface area contributed by atoms with Crippen LogP contribution >= 0.6 is 15.6 Å². The number of carbonyl (C=O) groups excluding carboxylic acids is 4. The molecule has 0 spiro atoms. The zero-order valence-corrected chi connectivity index (χ0v) is 51.4. The Balaban J connectivity index is 5.07. The Bertz CT molecular complexity index is 1520. The monoisotopic (exact) mass is 1160 g/mol. The van der Waals surface area contributed by atoms with E-state index in [9.17, 15) is 43.2 Å². The van der Waals surface area contributed by atoms with Crippen LogP contribution in [0.15, 0.2) is 0 Å². The number of unbranched alkanes of at least 4 members (excludes halogenated alkanes) is 34. The first kappa shape index (κ1) is 76.1. The SMILES string of the molecule is CCCCCCCCCCCCCCCCCCCCC(=O)O[C@H](COC(=O)CCCCCCCCCC)COP(=O)(O)OC[C@@H](O)COP(=O)(O)OC[C@@H](COC(=O)CCCCCCC)OC(=O)CCCCCCCCC. The second-order valence-corrected chi connectivity index (χ2v) is 24.3. The summed E-state index contributed by atoms with van der Waals surface area (Å²) in [6.07, 6.45) is 38.2. The van der Waals surface area contributed by atoms with E-state index in [1.165, 1.54) is 103 Å². The van der Waals surface area contributed by atoms with Crippen molar-refractivity contribution in [2.24, 2.45) is 0 Å². The van der Waals surface area contributed by atoms with Crippen LogP contribution < -0.4 is 0 Å². The minimum absolute atomic E-state index is 0.103. The molecule has 0 aliphatic carbocycles. The summed E-state index contributed by atoms with van der Waals surface area (Å²) in [5.74, 6) is -2.16. The highest BCUT2D eigenvalue weighted by Gasteiger charge is 2.30. The van der Waals surface area contributed by atoms with E-state index in [-0.39, 0.29) is 25.7 Å². The molecule has 0 saturated carbocycles. The molecule has 19 heteroatoms. The molecule has 0 amide bonds. The predicted molar refractivity (Wildman–Crippen MR) is 308 cm³/mol. The first-order chi connectivity index (χ1) is 37.7. The van der Waals surface area contributed by atoms with Crippen LogP contribution in [0.4, 0.5) is 0 Å². The predicted octanol–water partition coefficient (Wildman–Crippen LogP) is 16.0. The van der Waals surface area contributed by atoms with E-state index >= 15 is 0 Å². The molecular weight excluding hydrogens is 1040 g/mol. The van der Waals surface area contributed by atoms with E-state index in [1.54, 1.807) is 0 Å². The standard InChI is InChI=1S/C59H114O17P2/c1-5-9-13-17-20-22-23-24-25-26-27-28-29-30-31-34-38-42-46-59(64)76-55(50-70-57(62)44-40-36-33-21-18-14-10-6-2)52-74-78(67,68)72-48-53(60)47-71-77(65,66)73-51-54(49-69-56(61)43-39-35-16-12-8-4)75-58(63)45-41-37-32-19-15-11-7-3/h53-55,60H,5-52H2,1-4H3,(H,65,66)(H,67,68)/t53-,54+,55+/m0/s1. The molecule has 0 aromatic heterocycles. The summed E-state index contributed by atoms with van der Waals surface area (Å²) in [6, 6.07) is 0. The van der Waals surface area contributed by atoms with Gasteiger partial charge in [0.25, 0.3) is 0 Å². The van der Waals surface area contributed by atoms with Crippen LogP contribution in [-0.2, 0) is 65.4 Å². The van der Waals surface area contributed by atoms with E-state index < -0.39 is 97.5 Å². The van der Waals surface area contributed by atoms with E-state index in [2.05, 4.69) is 27.7 Å². The molecule has 0 aliphatic heterocycles. The number of phosphoric ester groups is 2. The van der Waals surface area contributed by atoms with Gasteiger partial charge in [0.2, 0.25) is 0 Å². The number of carbonyl (C=O) groups is 4. The number of aliphatic hydroxyl groups is 1. The number of aliphatic hydroxyl groups excluding tert-OH is 1. The Kier molecular flexibility index (Phi) is 53.0. The number of hydrogen-bond donors (Lipinski definition) is 3. The number of phosphoric acid groups is 2. The Morgan fingerprint density at radius 2 is 0.513 bits per heavy atom. The Morgan fingerprint density at radius 1 is 0.308 bits per heavy atom. The van der Waals surface area contributed by atoms with Crippen molar-refractivity contribution in [2.75, 3.05) is 39.6 Å². The molecule has 0 aliphatic rings. The molecule has 17 nitrogen and oxygen atoms in total. The van der Waals surface area contributed by atoms with E-state index in [1.807, 2.05) is 0 Å². The van der Waals surface area contributed by atoms with Crippen molar-refractivity contribution in [1.29, 1.82) is 0 Å². The maximum absolute atomic E-state index is 12.9. The third-order valence-corrected chi connectivity index (χ3v) is 15.5. The van der Waals surface area contributed by atoms with Crippen LogP contribution in [0.3, 0.4) is 0 Å². The van der Waals surface area contributed by atoms with Gasteiger partial charge < -0.3 is 33.8 Å². The first-order valence-electron chi connectivity index (χ1n) is 31.3. The topological polar surface area (TPSA) is 237 Å². The van der Waals surface area contributed by atoms with E-state index in [0.717, 1.165) is 116 Å². The van der Waals surface area contributed by atoms with E-state index in [4.69, 9.17) is 37.0 Å². The molecule has 0 saturated heterocycles. The highest BCUT2D eigenvalue weighted by atomic mass is 31.2. The summed E-state index contributed by atoms with van der Waals surface area (Å²) >= 11 is 0. The average molecular weight is 1160 g/mol. The molecule has 0 rings (SSSR count). The van der Waals surface area contributed by atoms with Gasteiger partial charge >= 0.3 is 39.5 Å². The smallest absolute Gasteiger partial charge is 0.462 e. The van der Waals surface area contributed by atoms with Crippen molar-refractivity contribution in [3.8, 4) is 0 Å². The lowest BCUT2D eigenvalue weighted by molar-refractivity contribution is -0.161. The van der Waals surface area contributed by atoms with Gasteiger partial charge in [-0.2, -0.15) is 0 Å². The third kappa shape index (κ3) is 53.4. The number of ether oxygens (including phenoxy) is 4. The maximum atomic E-state index is 12.9. The molecule has 0 aromatic rings. The second-order valence-electron chi connectivity index (χ2n) is 21.4. The van der Waals surface area contributed by atoms with Gasteiger partial charge in [0.05, 0.1) is 26.4 Å². The quantitative estimate of drug-likeness (QED) is 0.0222. The second kappa shape index (κ2) is 54.3. The lowest BCUT2D eigenvalue weighted by Crippen LogP contribution is -2.30. The molecular formula is C59H114O17P2. The van der Waals surface area contributed by atoms with Crippen molar-refractivity contribution in [3.63, 3.8) is 0 Å². The molecule has 78 heavy (non-hydrogen) atoms. The van der Waals surface area contributed by atoms with Crippen LogP contribution in [0.2, 0.25) is 0 Å². The lowest BCUT2D eigenvalue weighted by Gasteiger charge is -2.21. The zero-order valence-electron chi connectivity index (χ0n) is 49.6. The number of rotatable bonds is 60. The minimum atomic E-state index is -4.93. The molecule has 5 atom stereocenters. The minimum Gasteiger partial charge on any atom is -0.462 e. The lowest BCUT2D eigenvalue weighted by atomic mass is 10.0. The maximum Gasteiger partial charge on any atom is 0.472 e. The van der Waals surface area contributed by atoms with Crippen LogP contribution in [0.5, 0.6) is 0 Å². The van der Waals surface area contributed by atoms with Crippen LogP contribution in [0.1, 0.15) is 297 Å². The van der Waals surface area contributed by atoms with Gasteiger partial charge in [-0.25, -0.2) is 9.13 Å². The van der Waals surface area contributed by atoms with Crippen molar-refractivity contribution < 1.29 is 80.2 Å². The van der Waals surface area contributed by atoms with Gasteiger partial charge in [0, 0.05) is 25.7 Å². The summed E-state index contributed by atoms with van der Waals surface area (Å²) < 4.78 is 67.4. The number of esters is 4. The molecule has 0 heterocycles. The molecule has 0 bridgehead atoms. The summed E-state index contributed by atoms with van der Waals surface area (Å²) in [5.41, 5.74) is 0. The normalized spacial score (nSPS) is 14.3. The van der Waals surface area contributed by atoms with Crippen molar-refractivity contribution in [2.45, 2.75) is 316 Å². The van der Waals surface area contributed by atoms with Gasteiger partial charge in [0.1, 0.15) is 19.3 Å². The molecule has 0 radical (unpaired) electrons. The van der Waals surface area contributed by atoms with Gasteiger partial charge in [-0.3, -0.25) is 37.3 Å². The Labute approximate surface area is 473 Å². The van der Waals surface area contributed by atoms with Crippen LogP contribution in [-0.4, -0.2) is 96.7 Å². The average Bonchev–Trinajstić information content (AvgIpc) is 3.41. The van der Waals surface area contributed by atoms with Gasteiger partial charge in [-0.1, -0.05) is 246 Å². The molecule has 3 N–H and O–H groups in total. The van der Waals surface area contributed by atoms with Gasteiger partial charge in [-0.15, -0.1) is 0 Å². The Hall–Kier alpha value is -1.94. The van der Waals surface area contributed by atoms with Crippen LogP contribution in [0.25, 0.3) is 0 Å². The van der Waals surface area contributed by atoms with Crippen molar-refractivity contribution >= 4 is 39.5 Å². The molecule has 2 unspecified atom stereocenters. The largest absolute Gasteiger partial charge is 0.472 e. The molecule has 0 fully saturated rings. The third-order valence-electron chi connectivity index (χ3n) is 13.6. The summed E-state index contributed by atoms with van der Waals surface area (Å²) in [6.45, 7) is 4.70. The fourth-order valence-corrected chi connectivity index (χ4v) is 10.3. The fraction of sp³-hybridized carbons (Fsp3) is 0.932. The van der Waals surface area contributed by atoms with Gasteiger partial charge in [-0.05, 0) is 25.7 Å². The summed E-state index contributed by atoms with van der Waals surface area (Å²) in [7, 11) is -9.86. The highest BCUT2D eigenvalue weighted by molar-refractivity contribution is 7.47. The number of hydrogen-bond acceptors (Lipinski definition) is 15. The van der Waals surface area contributed by atoms with Crippen molar-refractivity contribution in [3.05, 3.63) is 0 Å². The molecule has 0 aromatic carbocycles. The van der Waals surface area contributed by atoms with Crippen LogP contribution in [0, 0.1) is 0 Å². The summed E-state index contributed by atoms with van der Waals surface area (Å²) in [4.78, 5) is 71.5. The van der Waals surface area contributed by atoms with Crippen molar-refractivity contribution in [1.82, 2.24) is 0 Å².